The molecular formula is C20H29N7OS. The van der Waals surface area contributed by atoms with Crippen molar-refractivity contribution in [2.24, 2.45) is 0 Å². The number of carbonyl (C=O) groups excluding carboxylic acids is 1. The van der Waals surface area contributed by atoms with Gasteiger partial charge < -0.3 is 20.4 Å². The first kappa shape index (κ1) is 22.6. The third kappa shape index (κ3) is 6.68. The van der Waals surface area contributed by atoms with Crippen molar-refractivity contribution < 1.29 is 4.79 Å². The van der Waals surface area contributed by atoms with E-state index in [0.717, 1.165) is 36.4 Å². The first-order valence-corrected chi connectivity index (χ1v) is 10.7. The van der Waals surface area contributed by atoms with E-state index in [4.69, 9.17) is 0 Å². The lowest BCUT2D eigenvalue weighted by atomic mass is 10.1. The Kier molecular flexibility index (Phi) is 8.34. The molecule has 29 heavy (non-hydrogen) atoms. The number of anilines is 2. The van der Waals surface area contributed by atoms with Crippen molar-refractivity contribution in [3.63, 3.8) is 0 Å². The summed E-state index contributed by atoms with van der Waals surface area (Å²) in [7, 11) is 3.53. The van der Waals surface area contributed by atoms with Crippen LogP contribution in [0.1, 0.15) is 31.9 Å². The standard InChI is InChI=1S/C20H29N7OS/c1-14(2)10-18(29-5)25-19-16(11-21)22-12-17(24-19)23-15-8-6-7-9-27(13-15)20(28)26(3)4/h10,12,15H,1,6-9,13H2,2-5H3,(H2,23,24,25)/b18-10-. The summed E-state index contributed by atoms with van der Waals surface area (Å²) in [6.45, 7) is 7.15. The first-order chi connectivity index (χ1) is 13.8. The van der Waals surface area contributed by atoms with E-state index >= 15 is 0 Å². The van der Waals surface area contributed by atoms with Gasteiger partial charge in [-0.2, -0.15) is 5.26 Å². The second-order valence-electron chi connectivity index (χ2n) is 7.21. The molecular weight excluding hydrogens is 386 g/mol. The number of nitrogens with zero attached hydrogens (tertiary/aromatic N) is 5. The maximum atomic E-state index is 12.4. The number of thioether (sulfide) groups is 1. The average Bonchev–Trinajstić information content (AvgIpc) is 2.92. The van der Waals surface area contributed by atoms with Gasteiger partial charge in [0.05, 0.1) is 11.2 Å². The van der Waals surface area contributed by atoms with Gasteiger partial charge in [0.15, 0.2) is 11.5 Å². The molecule has 2 rings (SSSR count). The first-order valence-electron chi connectivity index (χ1n) is 9.52. The Labute approximate surface area is 177 Å². The maximum Gasteiger partial charge on any atom is 0.319 e. The summed E-state index contributed by atoms with van der Waals surface area (Å²) >= 11 is 1.51. The van der Waals surface area contributed by atoms with E-state index < -0.39 is 0 Å². The maximum absolute atomic E-state index is 12.4. The van der Waals surface area contributed by atoms with Crippen LogP contribution in [-0.4, -0.2) is 65.3 Å². The molecule has 1 aromatic heterocycles. The number of carbonyl (C=O) groups is 1. The number of hydrogen-bond acceptors (Lipinski definition) is 7. The van der Waals surface area contributed by atoms with Crippen LogP contribution in [0.5, 0.6) is 0 Å². The Balaban J connectivity index is 2.19. The molecule has 0 spiro atoms. The molecule has 0 radical (unpaired) electrons. The fraction of sp³-hybridized carbons (Fsp3) is 0.500. The number of hydrogen-bond donors (Lipinski definition) is 2. The predicted molar refractivity (Wildman–Crippen MR) is 119 cm³/mol. The average molecular weight is 416 g/mol. The van der Waals surface area contributed by atoms with Gasteiger partial charge in [-0.25, -0.2) is 14.8 Å². The van der Waals surface area contributed by atoms with Crippen LogP contribution in [0.4, 0.5) is 16.4 Å². The number of rotatable bonds is 6. The molecule has 0 aromatic carbocycles. The molecule has 2 N–H and O–H groups in total. The molecule has 2 amide bonds. The van der Waals surface area contributed by atoms with Crippen LogP contribution in [0, 0.1) is 11.3 Å². The zero-order valence-corrected chi connectivity index (χ0v) is 18.3. The van der Waals surface area contributed by atoms with Crippen LogP contribution in [-0.2, 0) is 0 Å². The van der Waals surface area contributed by atoms with E-state index in [1.807, 2.05) is 24.2 Å². The summed E-state index contributed by atoms with van der Waals surface area (Å²) in [5.41, 5.74) is 1.12. The Hall–Kier alpha value is -2.73. The van der Waals surface area contributed by atoms with E-state index in [1.54, 1.807) is 25.2 Å². The van der Waals surface area contributed by atoms with Crippen LogP contribution in [0.3, 0.4) is 0 Å². The largest absolute Gasteiger partial charge is 0.364 e. The van der Waals surface area contributed by atoms with E-state index in [9.17, 15) is 10.1 Å². The minimum atomic E-state index is 0.0153. The number of allylic oxidation sites excluding steroid dienone is 2. The lowest BCUT2D eigenvalue weighted by Gasteiger charge is -2.28. The van der Waals surface area contributed by atoms with Crippen molar-refractivity contribution in [1.82, 2.24) is 19.8 Å². The minimum Gasteiger partial charge on any atom is -0.364 e. The predicted octanol–water partition coefficient (Wildman–Crippen LogP) is 3.49. The number of nitrogens with one attached hydrogen (secondary N) is 2. The molecule has 8 nitrogen and oxygen atoms in total. The summed E-state index contributed by atoms with van der Waals surface area (Å²) < 4.78 is 0. The molecule has 1 saturated heterocycles. The number of urea groups is 1. The minimum absolute atomic E-state index is 0.0153. The van der Waals surface area contributed by atoms with Crippen LogP contribution < -0.4 is 10.6 Å². The van der Waals surface area contributed by atoms with Crippen LogP contribution in [0.2, 0.25) is 0 Å². The summed E-state index contributed by atoms with van der Waals surface area (Å²) in [6, 6.07) is 2.16. The molecule has 1 fully saturated rings. The lowest BCUT2D eigenvalue weighted by molar-refractivity contribution is 0.171. The van der Waals surface area contributed by atoms with E-state index in [0.29, 0.717) is 18.2 Å². The van der Waals surface area contributed by atoms with Gasteiger partial charge in [0.1, 0.15) is 11.9 Å². The van der Waals surface area contributed by atoms with Gasteiger partial charge in [0, 0.05) is 33.2 Å². The third-order valence-corrected chi connectivity index (χ3v) is 5.05. The molecule has 1 atom stereocenters. The molecule has 0 aliphatic carbocycles. The fourth-order valence-corrected chi connectivity index (χ4v) is 3.56. The number of nitriles is 1. The van der Waals surface area contributed by atoms with Crippen molar-refractivity contribution in [3.8, 4) is 6.07 Å². The molecule has 1 aromatic rings. The zero-order valence-electron chi connectivity index (χ0n) is 17.5. The van der Waals surface area contributed by atoms with Gasteiger partial charge in [0.25, 0.3) is 0 Å². The lowest BCUT2D eigenvalue weighted by Crippen LogP contribution is -2.44. The van der Waals surface area contributed by atoms with Gasteiger partial charge in [-0.05, 0) is 38.5 Å². The van der Waals surface area contributed by atoms with E-state index in [2.05, 4.69) is 33.2 Å². The number of likely N-dealkylation sites (tertiary alicyclic amines) is 1. The molecule has 2 heterocycles. The van der Waals surface area contributed by atoms with Gasteiger partial charge in [-0.3, -0.25) is 0 Å². The Morgan fingerprint density at radius 3 is 2.86 bits per heavy atom. The molecule has 0 saturated carbocycles. The monoisotopic (exact) mass is 415 g/mol. The number of amides is 2. The molecule has 9 heteroatoms. The highest BCUT2D eigenvalue weighted by molar-refractivity contribution is 8.02. The second kappa shape index (κ2) is 10.7. The fourth-order valence-electron chi connectivity index (χ4n) is 3.04. The molecule has 0 bridgehead atoms. The van der Waals surface area contributed by atoms with Gasteiger partial charge in [0.2, 0.25) is 0 Å². The molecule has 1 aliphatic rings. The van der Waals surface area contributed by atoms with Crippen molar-refractivity contribution >= 4 is 29.4 Å². The highest BCUT2D eigenvalue weighted by Crippen LogP contribution is 2.22. The second-order valence-corrected chi connectivity index (χ2v) is 8.06. The Morgan fingerprint density at radius 1 is 1.48 bits per heavy atom. The molecule has 1 aliphatic heterocycles. The Bertz CT molecular complexity index is 816. The van der Waals surface area contributed by atoms with Gasteiger partial charge in [-0.1, -0.05) is 12.2 Å². The topological polar surface area (TPSA) is 97.2 Å². The SMILES string of the molecule is C=C(C)/C=C(/Nc1nc(NC2CCCCN(C(=O)N(C)C)C2)cnc1C#N)SC. The van der Waals surface area contributed by atoms with Crippen molar-refractivity contribution in [1.29, 1.82) is 5.26 Å². The van der Waals surface area contributed by atoms with Crippen LogP contribution in [0.25, 0.3) is 0 Å². The van der Waals surface area contributed by atoms with Crippen molar-refractivity contribution in [2.75, 3.05) is 44.1 Å². The molecule has 156 valence electrons. The zero-order chi connectivity index (χ0) is 21.4. The van der Waals surface area contributed by atoms with Crippen LogP contribution in [0.15, 0.2) is 29.5 Å². The normalized spacial score (nSPS) is 17.1. The van der Waals surface area contributed by atoms with E-state index in [-0.39, 0.29) is 17.8 Å². The van der Waals surface area contributed by atoms with Crippen LogP contribution >= 0.6 is 11.8 Å². The smallest absolute Gasteiger partial charge is 0.319 e. The quantitative estimate of drug-likeness (QED) is 0.686. The number of aromatic nitrogens is 2. The highest BCUT2D eigenvalue weighted by atomic mass is 32.2. The van der Waals surface area contributed by atoms with E-state index in [1.165, 1.54) is 11.8 Å². The van der Waals surface area contributed by atoms with Gasteiger partial charge >= 0.3 is 6.03 Å². The van der Waals surface area contributed by atoms with Crippen molar-refractivity contribution in [3.05, 3.63) is 35.1 Å². The Morgan fingerprint density at radius 2 is 2.24 bits per heavy atom. The highest BCUT2D eigenvalue weighted by Gasteiger charge is 2.23. The third-order valence-electron chi connectivity index (χ3n) is 4.39. The summed E-state index contributed by atoms with van der Waals surface area (Å²) in [5, 5.41) is 16.8. The summed E-state index contributed by atoms with van der Waals surface area (Å²) in [4.78, 5) is 24.6. The summed E-state index contributed by atoms with van der Waals surface area (Å²) in [5.74, 6) is 0.973. The van der Waals surface area contributed by atoms with Crippen molar-refractivity contribution in [2.45, 2.75) is 32.2 Å². The summed E-state index contributed by atoms with van der Waals surface area (Å²) in [6.07, 6.45) is 8.34. The van der Waals surface area contributed by atoms with Gasteiger partial charge in [-0.15, -0.1) is 11.8 Å². The molecule has 1 unspecified atom stereocenters.